The molecule has 2 amide bonds. The molecule has 0 saturated carbocycles. The van der Waals surface area contributed by atoms with Gasteiger partial charge in [-0.25, -0.2) is 0 Å². The van der Waals surface area contributed by atoms with Gasteiger partial charge in [0, 0.05) is 31.5 Å². The smallest absolute Gasteiger partial charge is 0.243 e. The van der Waals surface area contributed by atoms with Crippen LogP contribution >= 0.6 is 0 Å². The molecule has 0 spiro atoms. The summed E-state index contributed by atoms with van der Waals surface area (Å²) in [5, 5.41) is 2.72. The molecular formula is C14H19N3O3. The first-order valence-electron chi connectivity index (χ1n) is 6.57. The Morgan fingerprint density at radius 3 is 3.00 bits per heavy atom. The average Bonchev–Trinajstić information content (AvgIpc) is 2.85. The first kappa shape index (κ1) is 14.5. The highest BCUT2D eigenvalue weighted by molar-refractivity contribution is 5.98. The van der Waals surface area contributed by atoms with Crippen LogP contribution in [0.4, 0.5) is 11.4 Å². The van der Waals surface area contributed by atoms with Crippen molar-refractivity contribution in [2.75, 3.05) is 30.5 Å². The van der Waals surface area contributed by atoms with Gasteiger partial charge in [-0.1, -0.05) is 6.07 Å². The van der Waals surface area contributed by atoms with Gasteiger partial charge in [0.15, 0.2) is 0 Å². The minimum Gasteiger partial charge on any atom is -0.383 e. The Kier molecular flexibility index (Phi) is 4.70. The van der Waals surface area contributed by atoms with Crippen LogP contribution in [0.2, 0.25) is 0 Å². The number of benzene rings is 1. The zero-order valence-electron chi connectivity index (χ0n) is 11.5. The second-order valence-electron chi connectivity index (χ2n) is 4.75. The molecule has 3 N–H and O–H groups in total. The Morgan fingerprint density at radius 1 is 1.55 bits per heavy atom. The molecule has 1 aromatic carbocycles. The lowest BCUT2D eigenvalue weighted by Crippen LogP contribution is -2.39. The molecule has 108 valence electrons. The number of carbonyl (C=O) groups is 2. The minimum absolute atomic E-state index is 0.115. The van der Waals surface area contributed by atoms with E-state index in [2.05, 4.69) is 5.32 Å². The number of hydrogen-bond donors (Lipinski definition) is 2. The molecule has 1 aliphatic heterocycles. The molecule has 2 rings (SSSR count). The standard InChI is InChI=1S/C14H19N3O3/c1-20-9-12(15)14(19)16-10-4-2-5-11(8-10)17-7-3-6-13(17)18/h2,4-5,8,12H,3,6-7,9,15H2,1H3,(H,16,19). The molecule has 1 unspecified atom stereocenters. The fourth-order valence-electron chi connectivity index (χ4n) is 2.16. The molecular weight excluding hydrogens is 258 g/mol. The van der Waals surface area contributed by atoms with E-state index in [0.29, 0.717) is 12.1 Å². The van der Waals surface area contributed by atoms with E-state index < -0.39 is 6.04 Å². The van der Waals surface area contributed by atoms with E-state index in [1.165, 1.54) is 7.11 Å². The molecule has 0 aromatic heterocycles. The zero-order valence-corrected chi connectivity index (χ0v) is 11.5. The van der Waals surface area contributed by atoms with Gasteiger partial charge in [-0.2, -0.15) is 0 Å². The maximum Gasteiger partial charge on any atom is 0.243 e. The summed E-state index contributed by atoms with van der Waals surface area (Å²) in [5.74, 6) is -0.193. The highest BCUT2D eigenvalue weighted by Crippen LogP contribution is 2.24. The van der Waals surface area contributed by atoms with E-state index in [1.807, 2.05) is 6.07 Å². The summed E-state index contributed by atoms with van der Waals surface area (Å²) >= 11 is 0. The number of carbonyl (C=O) groups excluding carboxylic acids is 2. The number of anilines is 2. The van der Waals surface area contributed by atoms with Gasteiger partial charge in [0.25, 0.3) is 0 Å². The summed E-state index contributed by atoms with van der Waals surface area (Å²) in [6.45, 7) is 0.884. The van der Waals surface area contributed by atoms with Gasteiger partial charge in [-0.05, 0) is 24.6 Å². The molecule has 0 radical (unpaired) electrons. The number of nitrogens with two attached hydrogens (primary N) is 1. The van der Waals surface area contributed by atoms with E-state index in [0.717, 1.165) is 18.7 Å². The lowest BCUT2D eigenvalue weighted by molar-refractivity contribution is -0.118. The number of ether oxygens (including phenoxy) is 1. The maximum absolute atomic E-state index is 11.8. The van der Waals surface area contributed by atoms with Crippen molar-refractivity contribution in [2.24, 2.45) is 5.73 Å². The van der Waals surface area contributed by atoms with Crippen molar-refractivity contribution < 1.29 is 14.3 Å². The van der Waals surface area contributed by atoms with Gasteiger partial charge < -0.3 is 20.7 Å². The first-order chi connectivity index (χ1) is 9.61. The molecule has 0 aliphatic carbocycles. The molecule has 0 bridgehead atoms. The number of hydrogen-bond acceptors (Lipinski definition) is 4. The van der Waals surface area contributed by atoms with Crippen LogP contribution < -0.4 is 16.0 Å². The van der Waals surface area contributed by atoms with Crippen molar-refractivity contribution in [1.29, 1.82) is 0 Å². The number of nitrogens with zero attached hydrogens (tertiary/aromatic N) is 1. The van der Waals surface area contributed by atoms with Crippen molar-refractivity contribution in [1.82, 2.24) is 0 Å². The van der Waals surface area contributed by atoms with Crippen LogP contribution in [0, 0.1) is 0 Å². The van der Waals surface area contributed by atoms with Crippen molar-refractivity contribution >= 4 is 23.2 Å². The van der Waals surface area contributed by atoms with Crippen molar-refractivity contribution in [2.45, 2.75) is 18.9 Å². The zero-order chi connectivity index (χ0) is 14.5. The second kappa shape index (κ2) is 6.49. The molecule has 1 fully saturated rings. The van der Waals surface area contributed by atoms with Gasteiger partial charge in [-0.15, -0.1) is 0 Å². The fraction of sp³-hybridized carbons (Fsp3) is 0.429. The Morgan fingerprint density at radius 2 is 2.35 bits per heavy atom. The van der Waals surface area contributed by atoms with E-state index in [1.54, 1.807) is 23.1 Å². The van der Waals surface area contributed by atoms with E-state index in [9.17, 15) is 9.59 Å². The highest BCUT2D eigenvalue weighted by Gasteiger charge is 2.22. The predicted molar refractivity (Wildman–Crippen MR) is 76.5 cm³/mol. The topological polar surface area (TPSA) is 84.7 Å². The van der Waals surface area contributed by atoms with E-state index in [-0.39, 0.29) is 18.4 Å². The van der Waals surface area contributed by atoms with Gasteiger partial charge >= 0.3 is 0 Å². The monoisotopic (exact) mass is 277 g/mol. The highest BCUT2D eigenvalue weighted by atomic mass is 16.5. The second-order valence-corrected chi connectivity index (χ2v) is 4.75. The van der Waals surface area contributed by atoms with Crippen LogP contribution in [0.3, 0.4) is 0 Å². The number of methoxy groups -OCH3 is 1. The van der Waals surface area contributed by atoms with Gasteiger partial charge in [0.05, 0.1) is 6.61 Å². The SMILES string of the molecule is COCC(N)C(=O)Nc1cccc(N2CCCC2=O)c1. The predicted octanol–water partition coefficient (Wildman–Crippen LogP) is 0.726. The van der Waals surface area contributed by atoms with Gasteiger partial charge in [-0.3, -0.25) is 9.59 Å². The molecule has 1 aliphatic rings. The van der Waals surface area contributed by atoms with Crippen LogP contribution in [0.1, 0.15) is 12.8 Å². The summed E-state index contributed by atoms with van der Waals surface area (Å²) in [6.07, 6.45) is 1.45. The van der Waals surface area contributed by atoms with Crippen LogP contribution in [-0.2, 0) is 14.3 Å². The molecule has 6 heteroatoms. The Balaban J connectivity index is 2.06. The maximum atomic E-state index is 11.8. The summed E-state index contributed by atoms with van der Waals surface area (Å²) in [5.41, 5.74) is 7.08. The number of amides is 2. The van der Waals surface area contributed by atoms with E-state index in [4.69, 9.17) is 10.5 Å². The summed E-state index contributed by atoms with van der Waals surface area (Å²) < 4.78 is 4.84. The van der Waals surface area contributed by atoms with Crippen LogP contribution in [-0.4, -0.2) is 38.1 Å². The molecule has 1 aromatic rings. The Bertz CT molecular complexity index is 504. The minimum atomic E-state index is -0.711. The third-order valence-corrected chi connectivity index (χ3v) is 3.18. The third-order valence-electron chi connectivity index (χ3n) is 3.18. The molecule has 20 heavy (non-hydrogen) atoms. The first-order valence-corrected chi connectivity index (χ1v) is 6.57. The average molecular weight is 277 g/mol. The lowest BCUT2D eigenvalue weighted by Gasteiger charge is -2.17. The quantitative estimate of drug-likeness (QED) is 0.830. The third kappa shape index (κ3) is 3.34. The van der Waals surface area contributed by atoms with Gasteiger partial charge in [0.2, 0.25) is 11.8 Å². The summed E-state index contributed by atoms with van der Waals surface area (Å²) in [6, 6.07) is 6.49. The number of nitrogens with one attached hydrogen (secondary N) is 1. The van der Waals surface area contributed by atoms with Crippen molar-refractivity contribution in [3.05, 3.63) is 24.3 Å². The largest absolute Gasteiger partial charge is 0.383 e. The molecule has 1 atom stereocenters. The van der Waals surface area contributed by atoms with Crippen LogP contribution in [0.5, 0.6) is 0 Å². The number of rotatable bonds is 5. The van der Waals surface area contributed by atoms with E-state index >= 15 is 0 Å². The summed E-state index contributed by atoms with van der Waals surface area (Å²) in [4.78, 5) is 25.2. The van der Waals surface area contributed by atoms with Crippen LogP contribution in [0.25, 0.3) is 0 Å². The molecule has 6 nitrogen and oxygen atoms in total. The van der Waals surface area contributed by atoms with Crippen molar-refractivity contribution in [3.8, 4) is 0 Å². The normalized spacial score (nSPS) is 16.3. The Hall–Kier alpha value is -1.92. The summed E-state index contributed by atoms with van der Waals surface area (Å²) in [7, 11) is 1.49. The lowest BCUT2D eigenvalue weighted by atomic mass is 10.2. The molecule has 1 saturated heterocycles. The van der Waals surface area contributed by atoms with Crippen LogP contribution in [0.15, 0.2) is 24.3 Å². The molecule has 1 heterocycles. The fourth-order valence-corrected chi connectivity index (χ4v) is 2.16. The van der Waals surface area contributed by atoms with Gasteiger partial charge in [0.1, 0.15) is 6.04 Å². The Labute approximate surface area is 117 Å². The van der Waals surface area contributed by atoms with Crippen molar-refractivity contribution in [3.63, 3.8) is 0 Å².